The minimum Gasteiger partial charge on any atom is -0.480 e. The van der Waals surface area contributed by atoms with E-state index in [1.807, 2.05) is 12.1 Å². The van der Waals surface area contributed by atoms with Crippen molar-refractivity contribution >= 4 is 35.5 Å². The summed E-state index contributed by atoms with van der Waals surface area (Å²) in [6.45, 7) is 2.66. The molecule has 0 saturated carbocycles. The third kappa shape index (κ3) is 3.57. The van der Waals surface area contributed by atoms with Crippen LogP contribution < -0.4 is 10.6 Å². The Bertz CT molecular complexity index is 829. The van der Waals surface area contributed by atoms with Crippen molar-refractivity contribution in [1.82, 2.24) is 15.5 Å². The van der Waals surface area contributed by atoms with Crippen molar-refractivity contribution in [3.05, 3.63) is 35.4 Å². The summed E-state index contributed by atoms with van der Waals surface area (Å²) in [7, 11) is 0. The zero-order chi connectivity index (χ0) is 20.6. The van der Waals surface area contributed by atoms with Crippen LogP contribution in [-0.4, -0.2) is 68.8 Å². The molecule has 1 aromatic rings. The molecule has 4 N–H and O–H groups in total. The van der Waals surface area contributed by atoms with E-state index in [1.54, 1.807) is 12.1 Å². The van der Waals surface area contributed by atoms with Gasteiger partial charge in [0.15, 0.2) is 6.04 Å². The Morgan fingerprint density at radius 2 is 1.89 bits per heavy atom. The van der Waals surface area contributed by atoms with Gasteiger partial charge in [0.05, 0.1) is 6.10 Å². The van der Waals surface area contributed by atoms with Crippen LogP contribution in [-0.2, 0) is 14.4 Å². The van der Waals surface area contributed by atoms with Crippen molar-refractivity contribution in [1.29, 1.82) is 0 Å². The van der Waals surface area contributed by atoms with Crippen molar-refractivity contribution in [3.63, 3.8) is 0 Å². The molecule has 9 nitrogen and oxygen atoms in total. The molecule has 2 heterocycles. The van der Waals surface area contributed by atoms with E-state index >= 15 is 0 Å². The van der Waals surface area contributed by atoms with Gasteiger partial charge in [0, 0.05) is 11.3 Å². The maximum atomic E-state index is 12.7. The van der Waals surface area contributed by atoms with E-state index in [9.17, 15) is 24.3 Å². The van der Waals surface area contributed by atoms with Crippen molar-refractivity contribution in [2.75, 3.05) is 5.75 Å². The lowest BCUT2D eigenvalue weighted by Gasteiger charge is -2.25. The second-order valence-corrected chi connectivity index (χ2v) is 7.91. The van der Waals surface area contributed by atoms with Crippen LogP contribution in [0.5, 0.6) is 0 Å². The van der Waals surface area contributed by atoms with Gasteiger partial charge in [-0.05, 0) is 25.5 Å². The first-order valence-corrected chi connectivity index (χ1v) is 9.82. The van der Waals surface area contributed by atoms with Gasteiger partial charge in [-0.25, -0.2) is 4.79 Å². The Hall–Kier alpha value is -2.59. The number of hydrogen-bond acceptors (Lipinski definition) is 6. The highest BCUT2D eigenvalue weighted by Gasteiger charge is 2.48. The molecule has 1 aromatic carbocycles. The number of benzene rings is 1. The quantitative estimate of drug-likeness (QED) is 0.509. The van der Waals surface area contributed by atoms with Crippen LogP contribution in [0.4, 0.5) is 0 Å². The van der Waals surface area contributed by atoms with Gasteiger partial charge < -0.3 is 25.7 Å². The molecular formula is C18H21N3O6S. The zero-order valence-electron chi connectivity index (χ0n) is 15.3. The standard InChI is InChI=1S/C18H21N3O6S/c1-8(14(23)20-13(9(2)22)18(26)27)19-15(24)12-7-28-17-11-6-4-3-5-10(11)16(25)21(12)17/h3-6,8-9,12-13,17,22H,7H2,1-2H3,(H,19,24)(H,20,23)(H,26,27). The number of carbonyl (C=O) groups is 4. The molecule has 1 saturated heterocycles. The average molecular weight is 407 g/mol. The maximum Gasteiger partial charge on any atom is 0.328 e. The highest BCUT2D eigenvalue weighted by atomic mass is 32.2. The molecule has 10 heteroatoms. The smallest absolute Gasteiger partial charge is 0.328 e. The summed E-state index contributed by atoms with van der Waals surface area (Å²) >= 11 is 1.48. The first-order valence-electron chi connectivity index (χ1n) is 8.77. The molecule has 0 bridgehead atoms. The number of nitrogens with one attached hydrogen (secondary N) is 2. The second kappa shape index (κ2) is 7.80. The van der Waals surface area contributed by atoms with Gasteiger partial charge in [0.2, 0.25) is 11.8 Å². The molecular weight excluding hydrogens is 386 g/mol. The van der Waals surface area contributed by atoms with E-state index in [0.29, 0.717) is 11.3 Å². The van der Waals surface area contributed by atoms with Gasteiger partial charge in [-0.3, -0.25) is 14.4 Å². The fourth-order valence-electron chi connectivity index (χ4n) is 3.28. The largest absolute Gasteiger partial charge is 0.480 e. The Balaban J connectivity index is 1.65. The first kappa shape index (κ1) is 20.2. The number of hydrogen-bond donors (Lipinski definition) is 4. The summed E-state index contributed by atoms with van der Waals surface area (Å²) < 4.78 is 0. The lowest BCUT2D eigenvalue weighted by molar-refractivity contribution is -0.145. The molecule has 5 unspecified atom stereocenters. The topological polar surface area (TPSA) is 136 Å². The summed E-state index contributed by atoms with van der Waals surface area (Å²) in [5.41, 5.74) is 1.45. The molecule has 2 aliphatic rings. The summed E-state index contributed by atoms with van der Waals surface area (Å²) in [6, 6.07) is 3.97. The van der Waals surface area contributed by atoms with Gasteiger partial charge in [-0.1, -0.05) is 18.2 Å². The summed E-state index contributed by atoms with van der Waals surface area (Å²) in [4.78, 5) is 50.2. The fourth-order valence-corrected chi connectivity index (χ4v) is 4.75. The number of carbonyl (C=O) groups excluding carboxylic acids is 3. The van der Waals surface area contributed by atoms with Crippen LogP contribution in [0.15, 0.2) is 24.3 Å². The number of carboxylic acids is 1. The van der Waals surface area contributed by atoms with Gasteiger partial charge in [-0.2, -0.15) is 0 Å². The lowest BCUT2D eigenvalue weighted by atomic mass is 10.1. The van der Waals surface area contributed by atoms with Gasteiger partial charge in [0.1, 0.15) is 17.5 Å². The number of amides is 3. The molecule has 3 amide bonds. The number of carboxylic acid groups (broad SMARTS) is 1. The molecule has 0 radical (unpaired) electrons. The predicted molar refractivity (Wildman–Crippen MR) is 100 cm³/mol. The number of aliphatic carboxylic acids is 1. The van der Waals surface area contributed by atoms with E-state index in [-0.39, 0.29) is 11.3 Å². The van der Waals surface area contributed by atoms with Crippen LogP contribution in [0.2, 0.25) is 0 Å². The van der Waals surface area contributed by atoms with Crippen molar-refractivity contribution in [2.45, 2.75) is 43.5 Å². The highest BCUT2D eigenvalue weighted by Crippen LogP contribution is 2.48. The molecule has 5 atom stereocenters. The number of fused-ring (bicyclic) bond motifs is 3. The van der Waals surface area contributed by atoms with E-state index in [1.165, 1.54) is 30.5 Å². The first-order chi connectivity index (χ1) is 13.2. The van der Waals surface area contributed by atoms with E-state index in [0.717, 1.165) is 5.56 Å². The minimum absolute atomic E-state index is 0.220. The van der Waals surface area contributed by atoms with Gasteiger partial charge in [-0.15, -0.1) is 11.8 Å². The van der Waals surface area contributed by atoms with Gasteiger partial charge >= 0.3 is 5.97 Å². The molecule has 2 aliphatic heterocycles. The number of aliphatic hydroxyl groups excluding tert-OH is 1. The molecule has 1 fully saturated rings. The van der Waals surface area contributed by atoms with E-state index in [4.69, 9.17) is 5.11 Å². The maximum absolute atomic E-state index is 12.7. The molecule has 150 valence electrons. The highest BCUT2D eigenvalue weighted by molar-refractivity contribution is 7.99. The normalized spacial score (nSPS) is 23.4. The molecule has 0 aliphatic carbocycles. The summed E-state index contributed by atoms with van der Waals surface area (Å²) in [5.74, 6) is -2.42. The summed E-state index contributed by atoms with van der Waals surface area (Å²) in [5, 5.41) is 23.0. The van der Waals surface area contributed by atoms with Crippen molar-refractivity contribution in [3.8, 4) is 0 Å². The van der Waals surface area contributed by atoms with Crippen LogP contribution in [0, 0.1) is 0 Å². The Labute approximate surface area is 165 Å². The third-order valence-corrected chi connectivity index (χ3v) is 6.10. The molecule has 0 spiro atoms. The SMILES string of the molecule is CC(NC(=O)C1CSC2c3ccccc3C(=O)N12)C(=O)NC(C(=O)O)C(C)O. The fraction of sp³-hybridized carbons (Fsp3) is 0.444. The van der Waals surface area contributed by atoms with Crippen LogP contribution in [0.1, 0.15) is 35.1 Å². The van der Waals surface area contributed by atoms with Crippen LogP contribution in [0.25, 0.3) is 0 Å². The predicted octanol–water partition coefficient (Wildman–Crippen LogP) is -0.289. The monoisotopic (exact) mass is 407 g/mol. The molecule has 3 rings (SSSR count). The number of rotatable bonds is 6. The van der Waals surface area contributed by atoms with E-state index in [2.05, 4.69) is 10.6 Å². The number of aliphatic hydroxyl groups is 1. The van der Waals surface area contributed by atoms with Crippen molar-refractivity contribution in [2.24, 2.45) is 0 Å². The Kier molecular flexibility index (Phi) is 5.61. The number of nitrogens with zero attached hydrogens (tertiary/aromatic N) is 1. The van der Waals surface area contributed by atoms with Crippen molar-refractivity contribution < 1.29 is 29.4 Å². The van der Waals surface area contributed by atoms with Crippen LogP contribution >= 0.6 is 11.8 Å². The lowest BCUT2D eigenvalue weighted by Crippen LogP contribution is -2.56. The third-order valence-electron chi connectivity index (χ3n) is 4.79. The van der Waals surface area contributed by atoms with E-state index < -0.39 is 42.0 Å². The van der Waals surface area contributed by atoms with Gasteiger partial charge in [0.25, 0.3) is 5.91 Å². The Morgan fingerprint density at radius 3 is 2.54 bits per heavy atom. The molecule has 0 aromatic heterocycles. The number of thioether (sulfide) groups is 1. The second-order valence-electron chi connectivity index (χ2n) is 6.80. The zero-order valence-corrected chi connectivity index (χ0v) is 16.1. The average Bonchev–Trinajstić information content (AvgIpc) is 3.19. The Morgan fingerprint density at radius 1 is 1.21 bits per heavy atom. The van der Waals surface area contributed by atoms with Crippen LogP contribution in [0.3, 0.4) is 0 Å². The minimum atomic E-state index is -1.48. The molecule has 28 heavy (non-hydrogen) atoms. The summed E-state index contributed by atoms with van der Waals surface area (Å²) in [6.07, 6.45) is -1.29.